The van der Waals surface area contributed by atoms with E-state index in [-0.39, 0.29) is 23.4 Å². The lowest BCUT2D eigenvalue weighted by molar-refractivity contribution is 0.205. The quantitative estimate of drug-likeness (QED) is 0.811. The fraction of sp³-hybridized carbons (Fsp3) is 0.429. The van der Waals surface area contributed by atoms with Gasteiger partial charge in [-0.1, -0.05) is 12.1 Å². The van der Waals surface area contributed by atoms with Gasteiger partial charge in [-0.3, -0.25) is 0 Å². The molecule has 2 N–H and O–H groups in total. The number of urea groups is 1. The zero-order valence-corrected chi connectivity index (χ0v) is 13.6. The zero-order chi connectivity index (χ0) is 16.8. The lowest BCUT2D eigenvalue weighted by atomic mass is 10.2. The van der Waals surface area contributed by atoms with Crippen LogP contribution in [0, 0.1) is 17.2 Å². The van der Waals surface area contributed by atoms with Gasteiger partial charge in [-0.15, -0.1) is 0 Å². The van der Waals surface area contributed by atoms with Gasteiger partial charge in [-0.05, 0) is 31.7 Å². The SMILES string of the molecule is CNS(=O)(=O)c1ccc(CNC(=O)N(C)C[C@H](C)C#N)cc1. The fourth-order valence-electron chi connectivity index (χ4n) is 1.75. The molecule has 22 heavy (non-hydrogen) atoms. The molecule has 0 aliphatic rings. The van der Waals surface area contributed by atoms with Gasteiger partial charge in [0.25, 0.3) is 0 Å². The Balaban J connectivity index is 2.59. The van der Waals surface area contributed by atoms with Crippen LogP contribution < -0.4 is 10.0 Å². The second-order valence-electron chi connectivity index (χ2n) is 4.92. The second kappa shape index (κ2) is 7.77. The molecule has 7 nitrogen and oxygen atoms in total. The van der Waals surface area contributed by atoms with Crippen molar-refractivity contribution >= 4 is 16.1 Å². The summed E-state index contributed by atoms with van der Waals surface area (Å²) in [4.78, 5) is 13.4. The summed E-state index contributed by atoms with van der Waals surface area (Å²) in [6.07, 6.45) is 0. The summed E-state index contributed by atoms with van der Waals surface area (Å²) in [5.41, 5.74) is 0.783. The Bertz CT molecular complexity index is 650. The molecule has 0 unspecified atom stereocenters. The van der Waals surface area contributed by atoms with E-state index >= 15 is 0 Å². The molecular formula is C14H20N4O3S. The maximum absolute atomic E-state index is 11.8. The van der Waals surface area contributed by atoms with E-state index < -0.39 is 10.0 Å². The number of hydrogen-bond donors (Lipinski definition) is 2. The highest BCUT2D eigenvalue weighted by Crippen LogP contribution is 2.10. The third-order valence-electron chi connectivity index (χ3n) is 3.06. The van der Waals surface area contributed by atoms with Crippen molar-refractivity contribution in [1.82, 2.24) is 14.9 Å². The molecular weight excluding hydrogens is 304 g/mol. The number of benzene rings is 1. The zero-order valence-electron chi connectivity index (χ0n) is 12.8. The summed E-state index contributed by atoms with van der Waals surface area (Å²) >= 11 is 0. The van der Waals surface area contributed by atoms with Gasteiger partial charge in [-0.2, -0.15) is 5.26 Å². The molecule has 0 aromatic heterocycles. The third kappa shape index (κ3) is 5.02. The van der Waals surface area contributed by atoms with Gasteiger partial charge >= 0.3 is 6.03 Å². The van der Waals surface area contributed by atoms with E-state index in [0.29, 0.717) is 6.54 Å². The second-order valence-corrected chi connectivity index (χ2v) is 6.81. The molecule has 0 bridgehead atoms. The molecule has 1 aromatic carbocycles. The van der Waals surface area contributed by atoms with Crippen molar-refractivity contribution < 1.29 is 13.2 Å². The molecule has 8 heteroatoms. The number of nitrogens with zero attached hydrogens (tertiary/aromatic N) is 2. The minimum atomic E-state index is -3.45. The van der Waals surface area contributed by atoms with Crippen LogP contribution in [0.1, 0.15) is 12.5 Å². The van der Waals surface area contributed by atoms with Gasteiger partial charge in [0.05, 0.1) is 16.9 Å². The number of sulfonamides is 1. The number of amides is 2. The maximum Gasteiger partial charge on any atom is 0.317 e. The Morgan fingerprint density at radius 1 is 1.36 bits per heavy atom. The molecule has 0 heterocycles. The topological polar surface area (TPSA) is 102 Å². The summed E-state index contributed by atoms with van der Waals surface area (Å²) in [7, 11) is -0.487. The molecule has 0 fully saturated rings. The van der Waals surface area contributed by atoms with Gasteiger partial charge in [0, 0.05) is 20.1 Å². The van der Waals surface area contributed by atoms with E-state index in [0.717, 1.165) is 5.56 Å². The Hall–Kier alpha value is -2.11. The first-order valence-electron chi connectivity index (χ1n) is 6.71. The van der Waals surface area contributed by atoms with Crippen LogP contribution in [0.4, 0.5) is 4.79 Å². The normalized spacial score (nSPS) is 12.3. The molecule has 2 amide bonds. The summed E-state index contributed by atoms with van der Waals surface area (Å²) in [5.74, 6) is -0.234. The number of nitriles is 1. The number of rotatable bonds is 6. The molecule has 0 radical (unpaired) electrons. The van der Waals surface area contributed by atoms with Crippen LogP contribution in [0.15, 0.2) is 29.2 Å². The van der Waals surface area contributed by atoms with Crippen molar-refractivity contribution in [2.45, 2.75) is 18.4 Å². The highest BCUT2D eigenvalue weighted by molar-refractivity contribution is 7.89. The molecule has 1 rings (SSSR count). The summed E-state index contributed by atoms with van der Waals surface area (Å²) in [5, 5.41) is 11.4. The minimum absolute atomic E-state index is 0.171. The van der Waals surface area contributed by atoms with Crippen LogP contribution in [-0.4, -0.2) is 40.0 Å². The van der Waals surface area contributed by atoms with Crippen molar-refractivity contribution in [3.05, 3.63) is 29.8 Å². The molecule has 0 saturated carbocycles. The first-order valence-corrected chi connectivity index (χ1v) is 8.19. The maximum atomic E-state index is 11.8. The van der Waals surface area contributed by atoms with Crippen molar-refractivity contribution in [3.63, 3.8) is 0 Å². The van der Waals surface area contributed by atoms with Gasteiger partial charge in [0.1, 0.15) is 0 Å². The van der Waals surface area contributed by atoms with Crippen molar-refractivity contribution in [1.29, 1.82) is 5.26 Å². The smallest absolute Gasteiger partial charge is 0.317 e. The van der Waals surface area contributed by atoms with Crippen molar-refractivity contribution in [2.24, 2.45) is 5.92 Å². The lowest BCUT2D eigenvalue weighted by Crippen LogP contribution is -2.38. The Labute approximate surface area is 131 Å². The summed E-state index contributed by atoms with van der Waals surface area (Å²) in [6, 6.07) is 8.03. The minimum Gasteiger partial charge on any atom is -0.334 e. The van der Waals surface area contributed by atoms with Crippen LogP contribution in [0.2, 0.25) is 0 Å². The molecule has 1 aromatic rings. The Morgan fingerprint density at radius 3 is 2.45 bits per heavy atom. The standard InChI is InChI=1S/C14H20N4O3S/c1-11(8-15)10-18(3)14(19)17-9-12-4-6-13(7-5-12)22(20,21)16-2/h4-7,11,16H,9-10H2,1-3H3,(H,17,19)/t11-/m1/s1. The van der Waals surface area contributed by atoms with E-state index in [1.165, 1.54) is 24.1 Å². The van der Waals surface area contributed by atoms with Crippen LogP contribution in [0.25, 0.3) is 0 Å². The molecule has 0 saturated heterocycles. The van der Waals surface area contributed by atoms with Crippen LogP contribution in [0.5, 0.6) is 0 Å². The van der Waals surface area contributed by atoms with Crippen LogP contribution >= 0.6 is 0 Å². The van der Waals surface area contributed by atoms with E-state index in [1.807, 2.05) is 0 Å². The third-order valence-corrected chi connectivity index (χ3v) is 4.49. The molecule has 0 aliphatic carbocycles. The number of hydrogen-bond acceptors (Lipinski definition) is 4. The highest BCUT2D eigenvalue weighted by Gasteiger charge is 2.13. The van der Waals surface area contributed by atoms with Gasteiger partial charge in [0.15, 0.2) is 0 Å². The fourth-order valence-corrected chi connectivity index (χ4v) is 2.48. The first kappa shape index (κ1) is 17.9. The van der Waals surface area contributed by atoms with Crippen molar-refractivity contribution in [2.75, 3.05) is 20.6 Å². The van der Waals surface area contributed by atoms with E-state index in [9.17, 15) is 13.2 Å². The van der Waals surface area contributed by atoms with Crippen LogP contribution in [-0.2, 0) is 16.6 Å². The number of carbonyl (C=O) groups excluding carboxylic acids is 1. The van der Waals surface area contributed by atoms with E-state index in [1.54, 1.807) is 26.1 Å². The van der Waals surface area contributed by atoms with E-state index in [2.05, 4.69) is 16.1 Å². The van der Waals surface area contributed by atoms with Gasteiger partial charge in [0.2, 0.25) is 10.0 Å². The molecule has 0 spiro atoms. The van der Waals surface area contributed by atoms with Gasteiger partial charge in [-0.25, -0.2) is 17.9 Å². The van der Waals surface area contributed by atoms with Crippen LogP contribution in [0.3, 0.4) is 0 Å². The predicted molar refractivity (Wildman–Crippen MR) is 82.3 cm³/mol. The molecule has 0 aliphatic heterocycles. The Morgan fingerprint density at radius 2 is 1.95 bits per heavy atom. The predicted octanol–water partition coefficient (Wildman–Crippen LogP) is 0.896. The molecule has 120 valence electrons. The van der Waals surface area contributed by atoms with E-state index in [4.69, 9.17) is 5.26 Å². The number of nitrogens with one attached hydrogen (secondary N) is 2. The summed E-state index contributed by atoms with van der Waals surface area (Å²) < 4.78 is 25.4. The lowest BCUT2D eigenvalue weighted by Gasteiger charge is -2.19. The Kier molecular flexibility index (Phi) is 6.34. The largest absolute Gasteiger partial charge is 0.334 e. The average molecular weight is 324 g/mol. The molecule has 1 atom stereocenters. The highest BCUT2D eigenvalue weighted by atomic mass is 32.2. The average Bonchev–Trinajstić information content (AvgIpc) is 2.52. The van der Waals surface area contributed by atoms with Crippen molar-refractivity contribution in [3.8, 4) is 6.07 Å². The first-order chi connectivity index (χ1) is 10.3. The summed E-state index contributed by atoms with van der Waals surface area (Å²) in [6.45, 7) is 2.37. The van der Waals surface area contributed by atoms with Gasteiger partial charge < -0.3 is 10.2 Å². The monoisotopic (exact) mass is 324 g/mol. The number of carbonyl (C=O) groups is 1.